The minimum Gasteiger partial charge on any atom is -0.503 e. The summed E-state index contributed by atoms with van der Waals surface area (Å²) in [5, 5.41) is 2.81. The minimum absolute atomic E-state index is 0.798. The van der Waals surface area contributed by atoms with Crippen LogP contribution in [0.4, 0.5) is 0 Å². The normalized spacial score (nSPS) is 10.6. The Labute approximate surface area is 101 Å². The molecule has 0 heterocycles. The highest BCUT2D eigenvalue weighted by molar-refractivity contribution is 6.51. The Morgan fingerprint density at radius 3 is 1.53 bits per heavy atom. The second-order valence-electron chi connectivity index (χ2n) is 4.56. The van der Waals surface area contributed by atoms with Gasteiger partial charge in [-0.3, -0.25) is 0 Å². The fourth-order valence-electron chi connectivity index (χ4n) is 1.98. The average Bonchev–Trinajstić information content (AvgIpc) is 2.27. The molecule has 0 N–H and O–H groups in total. The summed E-state index contributed by atoms with van der Waals surface area (Å²) >= 11 is -0.798. The molecular weight excluding hydrogens is 199 g/mol. The molecule has 2 heteroatoms. The molecule has 0 unspecified atom stereocenters. The van der Waals surface area contributed by atoms with Gasteiger partial charge in [-0.2, -0.15) is 0 Å². The summed E-state index contributed by atoms with van der Waals surface area (Å²) in [6, 6.07) is 0. The van der Waals surface area contributed by atoms with Gasteiger partial charge in [-0.25, -0.2) is 0 Å². The molecule has 0 fully saturated rings. The van der Waals surface area contributed by atoms with E-state index in [1.807, 2.05) is 7.11 Å². The summed E-state index contributed by atoms with van der Waals surface area (Å²) < 4.78 is 5.65. The largest absolute Gasteiger partial charge is 0.503 e. The van der Waals surface area contributed by atoms with Crippen LogP contribution in [0.25, 0.3) is 0 Å². The summed E-state index contributed by atoms with van der Waals surface area (Å²) in [5.74, 6) is 0. The van der Waals surface area contributed by atoms with Crippen molar-refractivity contribution in [2.75, 3.05) is 7.11 Å². The van der Waals surface area contributed by atoms with Gasteiger partial charge in [0.25, 0.3) is 0 Å². The lowest BCUT2D eigenvalue weighted by Crippen LogP contribution is -2.15. The Bertz CT molecular complexity index is 105. The average molecular weight is 228 g/mol. The molecule has 0 aromatic carbocycles. The van der Waals surface area contributed by atoms with Crippen LogP contribution in [0.15, 0.2) is 0 Å². The molecule has 15 heavy (non-hydrogen) atoms. The summed E-state index contributed by atoms with van der Waals surface area (Å²) in [4.78, 5) is 0. The topological polar surface area (TPSA) is 9.23 Å². The molecule has 0 amide bonds. The van der Waals surface area contributed by atoms with E-state index >= 15 is 0 Å². The molecule has 0 spiro atoms. The summed E-state index contributed by atoms with van der Waals surface area (Å²) in [5.41, 5.74) is 0. The van der Waals surface area contributed by atoms with Crippen LogP contribution in [0.5, 0.6) is 0 Å². The second-order valence-corrected chi connectivity index (χ2v) is 7.43. The first-order chi connectivity index (χ1) is 7.35. The quantitative estimate of drug-likeness (QED) is 0.365. The van der Waals surface area contributed by atoms with Crippen molar-refractivity contribution in [2.24, 2.45) is 0 Å². The molecule has 90 valence electrons. The fourth-order valence-corrected chi connectivity index (χ4v) is 4.23. The van der Waals surface area contributed by atoms with Crippen LogP contribution in [-0.2, 0) is 3.79 Å². The maximum absolute atomic E-state index is 5.65. The van der Waals surface area contributed by atoms with Gasteiger partial charge in [-0.1, -0.05) is 75.8 Å². The number of hydrogen-bond acceptors (Lipinski definition) is 1. The van der Waals surface area contributed by atoms with Crippen molar-refractivity contribution >= 4 is 14.5 Å². The van der Waals surface area contributed by atoms with Gasteiger partial charge in [-0.05, 0) is 0 Å². The van der Waals surface area contributed by atoms with Gasteiger partial charge in [0, 0.05) is 7.11 Å². The summed E-state index contributed by atoms with van der Waals surface area (Å²) in [6.45, 7) is 4.55. The molecule has 0 aliphatic carbocycles. The Morgan fingerprint density at radius 2 is 1.20 bits per heavy atom. The predicted molar refractivity (Wildman–Crippen MR) is 70.7 cm³/mol. The molecule has 0 rings (SSSR count). The van der Waals surface area contributed by atoms with Crippen LogP contribution >= 0.6 is 0 Å². The lowest BCUT2D eigenvalue weighted by Gasteiger charge is -2.08. The van der Waals surface area contributed by atoms with Gasteiger partial charge in [0.15, 0.2) is 0 Å². The first kappa shape index (κ1) is 15.5. The molecule has 0 aromatic rings. The van der Waals surface area contributed by atoms with Crippen LogP contribution in [0, 0.1) is 0 Å². The molecule has 0 aromatic heterocycles. The molecule has 0 bridgehead atoms. The van der Waals surface area contributed by atoms with Crippen molar-refractivity contribution in [3.05, 3.63) is 0 Å². The van der Waals surface area contributed by atoms with E-state index in [2.05, 4.69) is 13.8 Å². The van der Waals surface area contributed by atoms with Crippen LogP contribution in [-0.4, -0.2) is 21.6 Å². The van der Waals surface area contributed by atoms with Crippen LogP contribution in [0.2, 0.25) is 10.6 Å². The standard InChI is InChI=1S/2C6H13.CH3O.Al/c2*1-3-5-6-4-2;1-2;/h2*1,3-6H2,2H3;1H3;/q;;-1;+1. The van der Waals surface area contributed by atoms with Crippen molar-refractivity contribution in [1.29, 1.82) is 0 Å². The number of hydrogen-bond donors (Lipinski definition) is 0. The maximum atomic E-state index is 5.65. The molecular formula is C13H29AlO. The summed E-state index contributed by atoms with van der Waals surface area (Å²) in [6.07, 6.45) is 11.1. The van der Waals surface area contributed by atoms with Crippen LogP contribution in [0.1, 0.15) is 65.2 Å². The zero-order valence-corrected chi connectivity index (χ0v) is 12.2. The van der Waals surface area contributed by atoms with E-state index < -0.39 is 14.5 Å². The monoisotopic (exact) mass is 228 g/mol. The van der Waals surface area contributed by atoms with Crippen molar-refractivity contribution < 1.29 is 3.79 Å². The van der Waals surface area contributed by atoms with Crippen molar-refractivity contribution in [2.45, 2.75) is 75.8 Å². The van der Waals surface area contributed by atoms with E-state index in [0.29, 0.717) is 0 Å². The van der Waals surface area contributed by atoms with Crippen LogP contribution < -0.4 is 0 Å². The predicted octanol–water partition coefficient (Wildman–Crippen LogP) is 4.78. The smallest absolute Gasteiger partial charge is 0.460 e. The maximum Gasteiger partial charge on any atom is 0.460 e. The van der Waals surface area contributed by atoms with E-state index in [4.69, 9.17) is 3.79 Å². The third-order valence-electron chi connectivity index (χ3n) is 3.09. The second kappa shape index (κ2) is 12.6. The minimum atomic E-state index is -0.798. The van der Waals surface area contributed by atoms with Crippen molar-refractivity contribution in [3.63, 3.8) is 0 Å². The molecule has 0 saturated carbocycles. The molecule has 0 aliphatic heterocycles. The third kappa shape index (κ3) is 10.8. The van der Waals surface area contributed by atoms with Gasteiger partial charge >= 0.3 is 14.5 Å². The lowest BCUT2D eigenvalue weighted by molar-refractivity contribution is 0.412. The highest BCUT2D eigenvalue weighted by Crippen LogP contribution is 2.13. The Morgan fingerprint density at radius 1 is 0.733 bits per heavy atom. The molecule has 0 radical (unpaired) electrons. The number of rotatable bonds is 11. The van der Waals surface area contributed by atoms with E-state index in [1.54, 1.807) is 0 Å². The Balaban J connectivity index is 3.29. The van der Waals surface area contributed by atoms with Gasteiger partial charge in [0.1, 0.15) is 0 Å². The van der Waals surface area contributed by atoms with Crippen molar-refractivity contribution in [1.82, 2.24) is 0 Å². The molecule has 0 atom stereocenters. The molecule has 0 saturated heterocycles. The van der Waals surface area contributed by atoms with Gasteiger partial charge in [0.05, 0.1) is 0 Å². The van der Waals surface area contributed by atoms with Gasteiger partial charge in [-0.15, -0.1) is 0 Å². The van der Waals surface area contributed by atoms with Gasteiger partial charge in [0.2, 0.25) is 0 Å². The lowest BCUT2D eigenvalue weighted by atomic mass is 10.2. The summed E-state index contributed by atoms with van der Waals surface area (Å²) in [7, 11) is 1.93. The van der Waals surface area contributed by atoms with Gasteiger partial charge < -0.3 is 3.79 Å². The first-order valence-corrected chi connectivity index (χ1v) is 8.98. The highest BCUT2D eigenvalue weighted by Gasteiger charge is 2.17. The van der Waals surface area contributed by atoms with E-state index in [-0.39, 0.29) is 0 Å². The SMILES string of the molecule is CCCCC[CH2][Al]([CH2]CCCCC)[O]C. The van der Waals surface area contributed by atoms with E-state index in [1.165, 1.54) is 61.9 Å². The fraction of sp³-hybridized carbons (Fsp3) is 1.00. The molecule has 1 nitrogen and oxygen atoms in total. The van der Waals surface area contributed by atoms with E-state index in [9.17, 15) is 0 Å². The first-order valence-electron chi connectivity index (χ1n) is 6.87. The number of unbranched alkanes of at least 4 members (excludes halogenated alkanes) is 6. The zero-order valence-electron chi connectivity index (χ0n) is 11.1. The molecule has 0 aliphatic rings. The van der Waals surface area contributed by atoms with E-state index in [0.717, 1.165) is 0 Å². The van der Waals surface area contributed by atoms with Crippen LogP contribution in [0.3, 0.4) is 0 Å². The third-order valence-corrected chi connectivity index (χ3v) is 5.86. The Hall–Kier alpha value is 0.492. The van der Waals surface area contributed by atoms with Crippen molar-refractivity contribution in [3.8, 4) is 0 Å². The Kier molecular flexibility index (Phi) is 13.0. The highest BCUT2D eigenvalue weighted by atomic mass is 27.2. The zero-order chi connectivity index (χ0) is 11.4.